The van der Waals surface area contributed by atoms with Crippen LogP contribution in [-0.4, -0.2) is 28.1 Å². The number of H-pyrrole nitrogens is 1. The number of aromatic nitrogens is 2. The Morgan fingerprint density at radius 2 is 2.00 bits per heavy atom. The molecule has 1 aliphatic rings. The van der Waals surface area contributed by atoms with Crippen LogP contribution in [0.5, 0.6) is 0 Å². The summed E-state index contributed by atoms with van der Waals surface area (Å²) in [6.07, 6.45) is 8.51. The Morgan fingerprint density at radius 3 is 2.70 bits per heavy atom. The van der Waals surface area contributed by atoms with Gasteiger partial charge in [-0.15, -0.1) is 0 Å². The third-order valence-corrected chi connectivity index (χ3v) is 5.01. The van der Waals surface area contributed by atoms with E-state index in [0.29, 0.717) is 29.4 Å². The van der Waals surface area contributed by atoms with Gasteiger partial charge in [-0.25, -0.2) is 4.39 Å². The lowest BCUT2D eigenvalue weighted by Crippen LogP contribution is -2.37. The molecule has 3 N–H and O–H groups in total. The van der Waals surface area contributed by atoms with Gasteiger partial charge < -0.3 is 10.6 Å². The smallest absolute Gasteiger partial charge is 0.247 e. The second kappa shape index (κ2) is 8.32. The Labute approximate surface area is 172 Å². The molecule has 0 aliphatic carbocycles. The summed E-state index contributed by atoms with van der Waals surface area (Å²) in [5.41, 5.74) is 2.84. The number of rotatable bonds is 5. The first-order valence-electron chi connectivity index (χ1n) is 9.73. The van der Waals surface area contributed by atoms with Crippen LogP contribution in [0.1, 0.15) is 25.3 Å². The maximum absolute atomic E-state index is 15.3. The molecule has 1 fully saturated rings. The van der Waals surface area contributed by atoms with Crippen molar-refractivity contribution in [2.24, 2.45) is 0 Å². The second-order valence-corrected chi connectivity index (χ2v) is 7.08. The van der Waals surface area contributed by atoms with Crippen LogP contribution in [0.2, 0.25) is 0 Å². The van der Waals surface area contributed by atoms with Crippen LogP contribution in [0.4, 0.5) is 10.1 Å². The third-order valence-electron chi connectivity index (χ3n) is 5.01. The quantitative estimate of drug-likeness (QED) is 0.558. The first-order chi connectivity index (χ1) is 14.6. The Hall–Kier alpha value is -3.74. The molecule has 0 bridgehead atoms. The molecule has 6 nitrogen and oxygen atoms in total. The van der Waals surface area contributed by atoms with Gasteiger partial charge in [0.1, 0.15) is 11.7 Å². The predicted molar refractivity (Wildman–Crippen MR) is 115 cm³/mol. The monoisotopic (exact) mass is 404 g/mol. The van der Waals surface area contributed by atoms with E-state index >= 15 is 4.39 Å². The summed E-state index contributed by atoms with van der Waals surface area (Å²) in [4.78, 5) is 23.7. The van der Waals surface area contributed by atoms with Crippen LogP contribution in [0.3, 0.4) is 0 Å². The first kappa shape index (κ1) is 19.6. The van der Waals surface area contributed by atoms with Crippen molar-refractivity contribution >= 4 is 34.5 Å². The normalized spacial score (nSPS) is 16.6. The molecule has 1 aliphatic heterocycles. The number of carbonyl (C=O) groups is 2. The van der Waals surface area contributed by atoms with Crippen molar-refractivity contribution in [3.8, 4) is 11.3 Å². The first-order valence-corrected chi connectivity index (χ1v) is 9.73. The number of halogens is 1. The second-order valence-electron chi connectivity index (χ2n) is 7.08. The van der Waals surface area contributed by atoms with Gasteiger partial charge in [-0.3, -0.25) is 14.7 Å². The van der Waals surface area contributed by atoms with E-state index in [-0.39, 0.29) is 11.6 Å². The number of hydrogen-bond donors (Lipinski definition) is 3. The van der Waals surface area contributed by atoms with Crippen molar-refractivity contribution in [2.75, 3.05) is 5.32 Å². The van der Waals surface area contributed by atoms with Gasteiger partial charge in [0.2, 0.25) is 11.8 Å². The largest absolute Gasteiger partial charge is 0.344 e. The van der Waals surface area contributed by atoms with Crippen molar-refractivity contribution in [2.45, 2.75) is 25.8 Å². The van der Waals surface area contributed by atoms with E-state index in [1.807, 2.05) is 55.5 Å². The summed E-state index contributed by atoms with van der Waals surface area (Å²) >= 11 is 0. The molecular formula is C23H21FN4O2. The van der Waals surface area contributed by atoms with Gasteiger partial charge in [0.25, 0.3) is 0 Å². The number of allylic oxidation sites excluding steroid dienone is 3. The number of carbonyl (C=O) groups excluding carboxylic acids is 2. The van der Waals surface area contributed by atoms with Gasteiger partial charge in [-0.2, -0.15) is 5.10 Å². The van der Waals surface area contributed by atoms with Crippen LogP contribution in [0, 0.1) is 5.82 Å². The van der Waals surface area contributed by atoms with E-state index in [0.717, 1.165) is 11.1 Å². The number of benzene rings is 2. The molecule has 0 unspecified atom stereocenters. The average molecular weight is 404 g/mol. The van der Waals surface area contributed by atoms with Crippen LogP contribution < -0.4 is 10.6 Å². The van der Waals surface area contributed by atoms with Gasteiger partial charge >= 0.3 is 0 Å². The highest BCUT2D eigenvalue weighted by molar-refractivity contribution is 6.02. The minimum atomic E-state index is -0.639. The summed E-state index contributed by atoms with van der Waals surface area (Å²) < 4.78 is 15.3. The minimum Gasteiger partial charge on any atom is -0.344 e. The molecule has 1 atom stereocenters. The summed E-state index contributed by atoms with van der Waals surface area (Å²) in [5, 5.41) is 12.6. The molecule has 4 rings (SSSR count). The van der Waals surface area contributed by atoms with Gasteiger partial charge in [0.15, 0.2) is 5.82 Å². The molecule has 7 heteroatoms. The minimum absolute atomic E-state index is 0.0576. The van der Waals surface area contributed by atoms with E-state index < -0.39 is 17.8 Å². The summed E-state index contributed by atoms with van der Waals surface area (Å²) in [7, 11) is 0. The summed E-state index contributed by atoms with van der Waals surface area (Å²) in [6.45, 7) is 1.95. The van der Waals surface area contributed by atoms with Crippen LogP contribution >= 0.6 is 0 Å². The standard InChI is InChI=1S/C23H21FN4O2/c1-2-3-4-5-14-6-8-15(9-7-14)22-20-16(27-28-22)10-11-17(21(20)24)26-23(30)18-12-13-19(29)25-18/h2-11,18H,12-13H2,1H3,(H,25,29)(H,26,30)(H,27,28)/b3-2-,5-4-/t18-/m0/s1. The van der Waals surface area contributed by atoms with E-state index in [1.54, 1.807) is 6.07 Å². The maximum Gasteiger partial charge on any atom is 0.247 e. The van der Waals surface area contributed by atoms with Crippen LogP contribution in [-0.2, 0) is 9.59 Å². The number of aromatic amines is 1. The Morgan fingerprint density at radius 1 is 1.20 bits per heavy atom. The van der Waals surface area contributed by atoms with Crippen molar-refractivity contribution < 1.29 is 14.0 Å². The molecule has 0 radical (unpaired) electrons. The van der Waals surface area contributed by atoms with E-state index in [9.17, 15) is 9.59 Å². The van der Waals surface area contributed by atoms with Gasteiger partial charge in [-0.1, -0.05) is 48.6 Å². The third kappa shape index (κ3) is 3.87. The molecule has 1 saturated heterocycles. The van der Waals surface area contributed by atoms with E-state index in [1.165, 1.54) is 6.07 Å². The van der Waals surface area contributed by atoms with Gasteiger partial charge in [-0.05, 0) is 31.0 Å². The highest BCUT2D eigenvalue weighted by atomic mass is 19.1. The zero-order valence-corrected chi connectivity index (χ0v) is 16.4. The number of fused-ring (bicyclic) bond motifs is 1. The fraction of sp³-hybridized carbons (Fsp3) is 0.174. The number of anilines is 1. The Kier molecular flexibility index (Phi) is 5.43. The molecule has 1 aromatic heterocycles. The lowest BCUT2D eigenvalue weighted by atomic mass is 10.0. The molecule has 0 saturated carbocycles. The van der Waals surface area contributed by atoms with Crippen LogP contribution in [0.15, 0.2) is 54.6 Å². The molecule has 0 spiro atoms. The van der Waals surface area contributed by atoms with Crippen molar-refractivity contribution in [1.29, 1.82) is 0 Å². The van der Waals surface area contributed by atoms with Gasteiger partial charge in [0, 0.05) is 12.0 Å². The van der Waals surface area contributed by atoms with Crippen molar-refractivity contribution in [1.82, 2.24) is 15.5 Å². The number of nitrogens with zero attached hydrogens (tertiary/aromatic N) is 1. The zero-order valence-electron chi connectivity index (χ0n) is 16.4. The summed E-state index contributed by atoms with van der Waals surface area (Å²) in [5.74, 6) is -1.17. The zero-order chi connectivity index (χ0) is 21.1. The topological polar surface area (TPSA) is 86.9 Å². The summed E-state index contributed by atoms with van der Waals surface area (Å²) in [6, 6.07) is 10.1. The SMILES string of the molecule is C/C=C\C=C/c1ccc(-c2n[nH]c3ccc(NC(=O)[C@@H]4CCC(=O)N4)c(F)c23)cc1. The molecule has 2 aromatic carbocycles. The molecule has 3 aromatic rings. The number of amides is 2. The van der Waals surface area contributed by atoms with Crippen LogP contribution in [0.25, 0.3) is 28.2 Å². The fourth-order valence-electron chi connectivity index (χ4n) is 3.44. The average Bonchev–Trinajstić information content (AvgIpc) is 3.38. The lowest BCUT2D eigenvalue weighted by Gasteiger charge is -2.12. The molecule has 152 valence electrons. The fourth-order valence-corrected chi connectivity index (χ4v) is 3.44. The number of hydrogen-bond acceptors (Lipinski definition) is 3. The van der Waals surface area contributed by atoms with E-state index in [2.05, 4.69) is 20.8 Å². The highest BCUT2D eigenvalue weighted by Gasteiger charge is 2.28. The molecule has 2 heterocycles. The predicted octanol–water partition coefficient (Wildman–Crippen LogP) is 4.18. The highest BCUT2D eigenvalue weighted by Crippen LogP contribution is 2.32. The molecular weight excluding hydrogens is 383 g/mol. The lowest BCUT2D eigenvalue weighted by molar-refractivity contribution is -0.122. The van der Waals surface area contributed by atoms with E-state index in [4.69, 9.17) is 0 Å². The van der Waals surface area contributed by atoms with Crippen molar-refractivity contribution in [3.05, 3.63) is 66.0 Å². The Balaban J connectivity index is 1.63. The number of nitrogens with one attached hydrogen (secondary N) is 3. The molecule has 2 amide bonds. The van der Waals surface area contributed by atoms with Gasteiger partial charge in [0.05, 0.1) is 16.6 Å². The molecule has 30 heavy (non-hydrogen) atoms. The Bertz CT molecular complexity index is 1160. The van der Waals surface area contributed by atoms with Crippen molar-refractivity contribution in [3.63, 3.8) is 0 Å². The maximum atomic E-state index is 15.3.